The minimum atomic E-state index is -0.0872. The van der Waals surface area contributed by atoms with Gasteiger partial charge in [0.05, 0.1) is 0 Å². The molecule has 1 amide bonds. The van der Waals surface area contributed by atoms with Crippen LogP contribution in [-0.2, 0) is 6.54 Å². The molecule has 1 heterocycles. The van der Waals surface area contributed by atoms with Crippen LogP contribution < -0.4 is 5.32 Å². The van der Waals surface area contributed by atoms with Gasteiger partial charge in [0.15, 0.2) is 5.82 Å². The fourth-order valence-corrected chi connectivity index (χ4v) is 2.84. The van der Waals surface area contributed by atoms with Crippen molar-refractivity contribution >= 4 is 11.7 Å². The summed E-state index contributed by atoms with van der Waals surface area (Å²) in [5.74, 6) is 1.10. The molecule has 0 unspecified atom stereocenters. The lowest BCUT2D eigenvalue weighted by Gasteiger charge is -2.17. The summed E-state index contributed by atoms with van der Waals surface area (Å²) in [7, 11) is 1.82. The van der Waals surface area contributed by atoms with Gasteiger partial charge in [0.1, 0.15) is 11.5 Å². The summed E-state index contributed by atoms with van der Waals surface area (Å²) in [5.41, 5.74) is 2.44. The van der Waals surface area contributed by atoms with E-state index in [0.29, 0.717) is 30.4 Å². The SMILES string of the molecule is CCCCN(C)C(=O)c1cc(NCc2ccccc2)nc(-c2ccccc2)n1. The number of hydrogen-bond acceptors (Lipinski definition) is 4. The minimum absolute atomic E-state index is 0.0872. The lowest BCUT2D eigenvalue weighted by atomic mass is 10.2. The van der Waals surface area contributed by atoms with Crippen molar-refractivity contribution in [1.29, 1.82) is 0 Å². The number of carbonyl (C=O) groups is 1. The van der Waals surface area contributed by atoms with Crippen LogP contribution in [0.4, 0.5) is 5.82 Å². The van der Waals surface area contributed by atoms with E-state index in [1.165, 1.54) is 0 Å². The van der Waals surface area contributed by atoms with Crippen LogP contribution in [0.1, 0.15) is 35.8 Å². The van der Waals surface area contributed by atoms with Crippen molar-refractivity contribution < 1.29 is 4.79 Å². The van der Waals surface area contributed by atoms with E-state index in [1.54, 1.807) is 11.0 Å². The zero-order valence-corrected chi connectivity index (χ0v) is 16.4. The normalized spacial score (nSPS) is 10.5. The molecule has 0 aliphatic heterocycles. The second kappa shape index (κ2) is 9.65. The minimum Gasteiger partial charge on any atom is -0.366 e. The van der Waals surface area contributed by atoms with E-state index in [1.807, 2.05) is 55.6 Å². The molecule has 0 atom stereocenters. The van der Waals surface area contributed by atoms with Gasteiger partial charge in [0.2, 0.25) is 0 Å². The highest BCUT2D eigenvalue weighted by molar-refractivity contribution is 5.93. The van der Waals surface area contributed by atoms with E-state index in [-0.39, 0.29) is 5.91 Å². The monoisotopic (exact) mass is 374 g/mol. The third kappa shape index (κ3) is 5.16. The maximum atomic E-state index is 12.9. The number of rotatable bonds is 8. The van der Waals surface area contributed by atoms with Gasteiger partial charge in [-0.3, -0.25) is 4.79 Å². The predicted octanol–water partition coefficient (Wildman–Crippen LogP) is 4.63. The Morgan fingerprint density at radius 2 is 1.68 bits per heavy atom. The number of unbranched alkanes of at least 4 members (excludes halogenated alkanes) is 1. The molecule has 1 aromatic heterocycles. The number of aromatic nitrogens is 2. The number of anilines is 1. The molecule has 0 bridgehead atoms. The molecular formula is C23H26N4O. The van der Waals surface area contributed by atoms with E-state index in [4.69, 9.17) is 0 Å². The van der Waals surface area contributed by atoms with Gasteiger partial charge in [0, 0.05) is 31.8 Å². The fraction of sp³-hybridized carbons (Fsp3) is 0.261. The van der Waals surface area contributed by atoms with Crippen molar-refractivity contribution in [1.82, 2.24) is 14.9 Å². The summed E-state index contributed by atoms with van der Waals surface area (Å²) in [5, 5.41) is 3.33. The first kappa shape index (κ1) is 19.5. The molecule has 2 aromatic carbocycles. The number of nitrogens with one attached hydrogen (secondary N) is 1. The number of nitrogens with zero attached hydrogens (tertiary/aromatic N) is 3. The first-order chi connectivity index (χ1) is 13.7. The average Bonchev–Trinajstić information content (AvgIpc) is 2.76. The van der Waals surface area contributed by atoms with Crippen molar-refractivity contribution in [3.8, 4) is 11.4 Å². The molecule has 0 saturated heterocycles. The Morgan fingerprint density at radius 1 is 1.00 bits per heavy atom. The lowest BCUT2D eigenvalue weighted by molar-refractivity contribution is 0.0787. The van der Waals surface area contributed by atoms with Gasteiger partial charge in [0.25, 0.3) is 5.91 Å². The van der Waals surface area contributed by atoms with Crippen molar-refractivity contribution in [2.45, 2.75) is 26.3 Å². The van der Waals surface area contributed by atoms with E-state index >= 15 is 0 Å². The summed E-state index contributed by atoms with van der Waals surface area (Å²) in [6.07, 6.45) is 2.01. The predicted molar refractivity (Wildman–Crippen MR) is 113 cm³/mol. The molecule has 3 rings (SSSR count). The Morgan fingerprint density at radius 3 is 2.36 bits per heavy atom. The van der Waals surface area contributed by atoms with Gasteiger partial charge >= 0.3 is 0 Å². The molecule has 0 saturated carbocycles. The average molecular weight is 374 g/mol. The Bertz CT molecular complexity index is 897. The van der Waals surface area contributed by atoms with Crippen molar-refractivity contribution in [3.05, 3.63) is 78.0 Å². The third-order valence-corrected chi connectivity index (χ3v) is 4.49. The van der Waals surface area contributed by atoms with Crippen LogP contribution in [0.25, 0.3) is 11.4 Å². The van der Waals surface area contributed by atoms with Gasteiger partial charge in [-0.1, -0.05) is 74.0 Å². The topological polar surface area (TPSA) is 58.1 Å². The number of benzene rings is 2. The quantitative estimate of drug-likeness (QED) is 0.625. The van der Waals surface area contributed by atoms with Crippen molar-refractivity contribution in [2.24, 2.45) is 0 Å². The number of carbonyl (C=O) groups excluding carboxylic acids is 1. The van der Waals surface area contributed by atoms with Crippen LogP contribution in [0.15, 0.2) is 66.7 Å². The standard InChI is InChI=1S/C23H26N4O/c1-3-4-15-27(2)23(28)20-16-21(24-17-18-11-7-5-8-12-18)26-22(25-20)19-13-9-6-10-14-19/h5-14,16H,3-4,15,17H2,1-2H3,(H,24,25,26). The van der Waals surface area contributed by atoms with Crippen LogP contribution in [0.2, 0.25) is 0 Å². The molecule has 0 fully saturated rings. The largest absolute Gasteiger partial charge is 0.366 e. The molecule has 5 nitrogen and oxygen atoms in total. The van der Waals surface area contributed by atoms with Gasteiger partial charge in [-0.25, -0.2) is 9.97 Å². The Labute approximate surface area is 166 Å². The molecule has 0 radical (unpaired) electrons. The highest BCUT2D eigenvalue weighted by atomic mass is 16.2. The molecule has 0 aliphatic carbocycles. The van der Waals surface area contributed by atoms with Crippen LogP contribution >= 0.6 is 0 Å². The first-order valence-electron chi connectivity index (χ1n) is 9.65. The second-order valence-corrected chi connectivity index (χ2v) is 6.75. The Balaban J connectivity index is 1.89. The van der Waals surface area contributed by atoms with Gasteiger partial charge in [-0.2, -0.15) is 0 Å². The first-order valence-corrected chi connectivity index (χ1v) is 9.65. The van der Waals surface area contributed by atoms with Crippen LogP contribution in [0.5, 0.6) is 0 Å². The molecular weight excluding hydrogens is 348 g/mol. The van der Waals surface area contributed by atoms with Crippen LogP contribution in [0, 0.1) is 0 Å². The molecule has 0 spiro atoms. The zero-order valence-electron chi connectivity index (χ0n) is 16.4. The molecule has 1 N–H and O–H groups in total. The molecule has 144 valence electrons. The van der Waals surface area contributed by atoms with Gasteiger partial charge < -0.3 is 10.2 Å². The summed E-state index contributed by atoms with van der Waals surface area (Å²) >= 11 is 0. The van der Waals surface area contributed by atoms with E-state index in [2.05, 4.69) is 34.3 Å². The van der Waals surface area contributed by atoms with Crippen LogP contribution in [-0.4, -0.2) is 34.4 Å². The molecule has 3 aromatic rings. The highest BCUT2D eigenvalue weighted by Gasteiger charge is 2.16. The van der Waals surface area contributed by atoms with Crippen LogP contribution in [0.3, 0.4) is 0 Å². The van der Waals surface area contributed by atoms with Gasteiger partial charge in [-0.15, -0.1) is 0 Å². The third-order valence-electron chi connectivity index (χ3n) is 4.49. The summed E-state index contributed by atoms with van der Waals surface area (Å²) in [4.78, 5) is 23.8. The highest BCUT2D eigenvalue weighted by Crippen LogP contribution is 2.19. The summed E-state index contributed by atoms with van der Waals surface area (Å²) in [6.45, 7) is 3.46. The maximum Gasteiger partial charge on any atom is 0.272 e. The molecule has 28 heavy (non-hydrogen) atoms. The van der Waals surface area contributed by atoms with Crippen molar-refractivity contribution in [2.75, 3.05) is 18.9 Å². The molecule has 0 aliphatic rings. The lowest BCUT2D eigenvalue weighted by Crippen LogP contribution is -2.28. The van der Waals surface area contributed by atoms with E-state index in [0.717, 1.165) is 24.0 Å². The summed E-state index contributed by atoms with van der Waals surface area (Å²) < 4.78 is 0. The Kier molecular flexibility index (Phi) is 6.73. The summed E-state index contributed by atoms with van der Waals surface area (Å²) in [6, 6.07) is 21.6. The Hall–Kier alpha value is -3.21. The van der Waals surface area contributed by atoms with Crippen molar-refractivity contribution in [3.63, 3.8) is 0 Å². The van der Waals surface area contributed by atoms with E-state index in [9.17, 15) is 4.79 Å². The number of amides is 1. The molecule has 5 heteroatoms. The maximum absolute atomic E-state index is 12.9. The van der Waals surface area contributed by atoms with Gasteiger partial charge in [-0.05, 0) is 12.0 Å². The number of hydrogen-bond donors (Lipinski definition) is 1. The second-order valence-electron chi connectivity index (χ2n) is 6.75. The smallest absolute Gasteiger partial charge is 0.272 e. The van der Waals surface area contributed by atoms with E-state index < -0.39 is 0 Å². The zero-order chi connectivity index (χ0) is 19.8. The fourth-order valence-electron chi connectivity index (χ4n) is 2.84.